The van der Waals surface area contributed by atoms with Crippen LogP contribution in [0.5, 0.6) is 0 Å². The molecule has 0 spiro atoms. The summed E-state index contributed by atoms with van der Waals surface area (Å²) in [5.74, 6) is -0.0882. The van der Waals surface area contributed by atoms with E-state index in [0.717, 1.165) is 12.8 Å². The van der Waals surface area contributed by atoms with E-state index in [4.69, 9.17) is 9.47 Å². The van der Waals surface area contributed by atoms with E-state index in [2.05, 4.69) is 6.92 Å². The summed E-state index contributed by atoms with van der Waals surface area (Å²) in [5, 5.41) is 0. The number of hydrogen-bond acceptors (Lipinski definition) is 4. The minimum absolute atomic E-state index is 0.204. The Bertz CT molecular complexity index is 300. The molecule has 0 aliphatic carbocycles. The number of rotatable bonds is 15. The summed E-state index contributed by atoms with van der Waals surface area (Å²) in [6, 6.07) is 0. The predicted molar refractivity (Wildman–Crippen MR) is 93.2 cm³/mol. The van der Waals surface area contributed by atoms with Gasteiger partial charge in [0.05, 0.1) is 13.2 Å². The van der Waals surface area contributed by atoms with Gasteiger partial charge in [-0.05, 0) is 18.8 Å². The molecule has 136 valence electrons. The molecule has 0 saturated heterocycles. The van der Waals surface area contributed by atoms with Gasteiger partial charge in [0.1, 0.15) is 0 Å². The molecule has 0 amide bonds. The molecule has 0 unspecified atom stereocenters. The van der Waals surface area contributed by atoms with Crippen molar-refractivity contribution in [2.75, 3.05) is 13.2 Å². The van der Waals surface area contributed by atoms with Gasteiger partial charge in [-0.2, -0.15) is 0 Å². The second-order valence-corrected chi connectivity index (χ2v) is 6.63. The zero-order valence-electron chi connectivity index (χ0n) is 15.4. The summed E-state index contributed by atoms with van der Waals surface area (Å²) in [7, 11) is 0. The maximum atomic E-state index is 11.5. The van der Waals surface area contributed by atoms with Gasteiger partial charge in [-0.15, -0.1) is 0 Å². The first-order valence-electron chi connectivity index (χ1n) is 9.37. The molecule has 0 N–H and O–H groups in total. The van der Waals surface area contributed by atoms with Crippen LogP contribution >= 0.6 is 0 Å². The molecule has 0 aromatic rings. The topological polar surface area (TPSA) is 52.6 Å². The number of hydrogen-bond donors (Lipinski definition) is 0. The minimum Gasteiger partial charge on any atom is -0.466 e. The van der Waals surface area contributed by atoms with E-state index in [0.29, 0.717) is 38.4 Å². The van der Waals surface area contributed by atoms with Gasteiger partial charge in [0.15, 0.2) is 0 Å². The Kier molecular flexibility index (Phi) is 15.1. The Hall–Kier alpha value is -1.06. The second-order valence-electron chi connectivity index (χ2n) is 6.63. The predicted octanol–water partition coefficient (Wildman–Crippen LogP) is 5.04. The normalized spacial score (nSPS) is 10.8. The van der Waals surface area contributed by atoms with Gasteiger partial charge in [-0.1, -0.05) is 65.7 Å². The summed E-state index contributed by atoms with van der Waals surface area (Å²) in [6.07, 6.45) is 11.0. The molecular formula is C19H36O4. The van der Waals surface area contributed by atoms with E-state index in [1.807, 2.05) is 13.8 Å². The number of unbranched alkanes of at least 4 members (excludes halogenated alkanes) is 7. The molecule has 0 heterocycles. The zero-order valence-corrected chi connectivity index (χ0v) is 15.4. The van der Waals surface area contributed by atoms with Crippen molar-refractivity contribution < 1.29 is 19.1 Å². The van der Waals surface area contributed by atoms with Crippen LogP contribution in [-0.4, -0.2) is 25.2 Å². The molecule has 0 saturated carbocycles. The van der Waals surface area contributed by atoms with Crippen molar-refractivity contribution >= 4 is 11.9 Å². The van der Waals surface area contributed by atoms with Gasteiger partial charge in [0.25, 0.3) is 0 Å². The van der Waals surface area contributed by atoms with Crippen molar-refractivity contribution in [3.8, 4) is 0 Å². The lowest BCUT2D eigenvalue weighted by Crippen LogP contribution is -2.11. The van der Waals surface area contributed by atoms with Crippen molar-refractivity contribution in [2.24, 2.45) is 5.92 Å². The van der Waals surface area contributed by atoms with E-state index < -0.39 is 0 Å². The first kappa shape index (κ1) is 21.9. The third-order valence-corrected chi connectivity index (χ3v) is 3.60. The highest BCUT2D eigenvalue weighted by atomic mass is 16.5. The van der Waals surface area contributed by atoms with Crippen LogP contribution in [0.3, 0.4) is 0 Å². The highest BCUT2D eigenvalue weighted by Gasteiger charge is 2.07. The van der Waals surface area contributed by atoms with Crippen LogP contribution in [0, 0.1) is 5.92 Å². The first-order chi connectivity index (χ1) is 11.1. The van der Waals surface area contributed by atoms with Crippen molar-refractivity contribution in [1.82, 2.24) is 0 Å². The average molecular weight is 328 g/mol. The van der Waals surface area contributed by atoms with Crippen LogP contribution < -0.4 is 0 Å². The number of esters is 2. The Balaban J connectivity index is 3.32. The Labute approximate surface area is 142 Å². The molecule has 23 heavy (non-hydrogen) atoms. The number of carbonyl (C=O) groups excluding carboxylic acids is 2. The molecule has 0 radical (unpaired) electrons. The molecule has 0 aromatic heterocycles. The highest BCUT2D eigenvalue weighted by molar-refractivity contribution is 5.72. The van der Waals surface area contributed by atoms with E-state index in [1.54, 1.807) is 0 Å². The third-order valence-electron chi connectivity index (χ3n) is 3.60. The fourth-order valence-electron chi connectivity index (χ4n) is 2.20. The van der Waals surface area contributed by atoms with Crippen molar-refractivity contribution in [3.05, 3.63) is 0 Å². The Morgan fingerprint density at radius 1 is 0.739 bits per heavy atom. The number of ether oxygens (including phenoxy) is 2. The minimum atomic E-state index is -0.227. The Morgan fingerprint density at radius 2 is 1.26 bits per heavy atom. The molecule has 4 nitrogen and oxygen atoms in total. The third kappa shape index (κ3) is 17.1. The summed E-state index contributed by atoms with van der Waals surface area (Å²) in [4.78, 5) is 22.9. The van der Waals surface area contributed by atoms with Gasteiger partial charge < -0.3 is 9.47 Å². The van der Waals surface area contributed by atoms with Gasteiger partial charge in [0.2, 0.25) is 0 Å². The van der Waals surface area contributed by atoms with Crippen LogP contribution in [0.1, 0.15) is 91.4 Å². The summed E-state index contributed by atoms with van der Waals surface area (Å²) < 4.78 is 10.2. The van der Waals surface area contributed by atoms with Gasteiger partial charge in [-0.25, -0.2) is 0 Å². The molecule has 0 fully saturated rings. The molecule has 0 aliphatic rings. The van der Waals surface area contributed by atoms with Crippen molar-refractivity contribution in [2.45, 2.75) is 91.4 Å². The van der Waals surface area contributed by atoms with E-state index in [9.17, 15) is 9.59 Å². The van der Waals surface area contributed by atoms with Crippen LogP contribution in [0.15, 0.2) is 0 Å². The quantitative estimate of drug-likeness (QED) is 0.312. The van der Waals surface area contributed by atoms with Crippen LogP contribution in [0.25, 0.3) is 0 Å². The molecule has 0 aliphatic heterocycles. The lowest BCUT2D eigenvalue weighted by molar-refractivity contribution is -0.146. The first-order valence-corrected chi connectivity index (χ1v) is 9.37. The largest absolute Gasteiger partial charge is 0.466 e. The lowest BCUT2D eigenvalue weighted by atomic mass is 10.1. The van der Waals surface area contributed by atoms with Crippen LogP contribution in [0.4, 0.5) is 0 Å². The van der Waals surface area contributed by atoms with Crippen molar-refractivity contribution in [1.29, 1.82) is 0 Å². The zero-order chi connectivity index (χ0) is 17.3. The lowest BCUT2D eigenvalue weighted by Gasteiger charge is -2.07. The highest BCUT2D eigenvalue weighted by Crippen LogP contribution is 2.09. The second kappa shape index (κ2) is 15.8. The molecule has 0 rings (SSSR count). The molecular weight excluding hydrogens is 292 g/mol. The monoisotopic (exact) mass is 328 g/mol. The fourth-order valence-corrected chi connectivity index (χ4v) is 2.20. The summed E-state index contributed by atoms with van der Waals surface area (Å²) in [6.45, 7) is 7.17. The van der Waals surface area contributed by atoms with Gasteiger partial charge >= 0.3 is 11.9 Å². The fraction of sp³-hybridized carbons (Fsp3) is 0.895. The van der Waals surface area contributed by atoms with Crippen LogP contribution in [0.2, 0.25) is 0 Å². The maximum absolute atomic E-state index is 11.5. The SMILES string of the molecule is CCCCCCCCCCOC(=O)CCCC(=O)OCC(C)C. The summed E-state index contributed by atoms with van der Waals surface area (Å²) in [5.41, 5.74) is 0. The standard InChI is InChI=1S/C19H36O4/c1-4-5-6-7-8-9-10-11-15-22-18(20)13-12-14-19(21)23-16-17(2)3/h17H,4-16H2,1-3H3. The number of carbonyl (C=O) groups is 2. The van der Waals surface area contributed by atoms with E-state index >= 15 is 0 Å². The van der Waals surface area contributed by atoms with E-state index in [1.165, 1.54) is 38.5 Å². The maximum Gasteiger partial charge on any atom is 0.305 e. The molecule has 0 bridgehead atoms. The molecule has 0 aromatic carbocycles. The van der Waals surface area contributed by atoms with Gasteiger partial charge in [0, 0.05) is 12.8 Å². The smallest absolute Gasteiger partial charge is 0.305 e. The van der Waals surface area contributed by atoms with Crippen molar-refractivity contribution in [3.63, 3.8) is 0 Å². The Morgan fingerprint density at radius 3 is 1.83 bits per heavy atom. The van der Waals surface area contributed by atoms with Gasteiger partial charge in [-0.3, -0.25) is 9.59 Å². The molecule has 4 heteroatoms. The van der Waals surface area contributed by atoms with E-state index in [-0.39, 0.29) is 11.9 Å². The summed E-state index contributed by atoms with van der Waals surface area (Å²) >= 11 is 0. The average Bonchev–Trinajstić information content (AvgIpc) is 2.51. The van der Waals surface area contributed by atoms with Crippen LogP contribution in [-0.2, 0) is 19.1 Å². The molecule has 0 atom stereocenters.